The molecule has 2 rings (SSSR count). The average Bonchev–Trinajstić information content (AvgIpc) is 2.62. The topological polar surface area (TPSA) is 65.0 Å². The Kier molecular flexibility index (Phi) is 1.92. The van der Waals surface area contributed by atoms with Gasteiger partial charge in [0.1, 0.15) is 11.3 Å². The molecule has 1 heterocycles. The van der Waals surface area contributed by atoms with Crippen LogP contribution < -0.4 is 14.2 Å². The molecule has 1 aliphatic heterocycles. The van der Waals surface area contributed by atoms with Crippen LogP contribution in [0.15, 0.2) is 12.1 Å². The molecule has 0 saturated carbocycles. The fraction of sp³-hybridized carbons (Fsp3) is 0.222. The highest BCUT2D eigenvalue weighted by Crippen LogP contribution is 2.37. The molecule has 1 aromatic carbocycles. The predicted molar refractivity (Wildman–Crippen MR) is 46.1 cm³/mol. The van der Waals surface area contributed by atoms with E-state index in [0.717, 1.165) is 0 Å². The summed E-state index contributed by atoms with van der Waals surface area (Å²) in [5.74, 6) is 0.150. The molecule has 5 nitrogen and oxygen atoms in total. The van der Waals surface area contributed by atoms with Crippen molar-refractivity contribution in [3.63, 3.8) is 0 Å². The molecule has 0 bridgehead atoms. The average molecular weight is 196 g/mol. The zero-order valence-electron chi connectivity index (χ0n) is 7.44. The maximum absolute atomic E-state index is 10.8. The van der Waals surface area contributed by atoms with Gasteiger partial charge in [0.05, 0.1) is 7.11 Å². The van der Waals surface area contributed by atoms with Gasteiger partial charge >= 0.3 is 5.97 Å². The second kappa shape index (κ2) is 3.10. The van der Waals surface area contributed by atoms with Crippen molar-refractivity contribution in [3.8, 4) is 17.2 Å². The molecule has 1 aromatic rings. The fourth-order valence-corrected chi connectivity index (χ4v) is 1.26. The third-order valence-corrected chi connectivity index (χ3v) is 1.93. The number of hydrogen-bond acceptors (Lipinski definition) is 4. The zero-order chi connectivity index (χ0) is 10.1. The SMILES string of the molecule is COc1cc2c(cc1C(=O)O)OCO2. The summed E-state index contributed by atoms with van der Waals surface area (Å²) in [6.45, 7) is 0.113. The lowest BCUT2D eigenvalue weighted by Gasteiger charge is -2.05. The summed E-state index contributed by atoms with van der Waals surface area (Å²) >= 11 is 0. The second-order valence-corrected chi connectivity index (χ2v) is 2.71. The van der Waals surface area contributed by atoms with E-state index in [1.807, 2.05) is 0 Å². The smallest absolute Gasteiger partial charge is 0.339 e. The third kappa shape index (κ3) is 1.22. The minimum absolute atomic E-state index is 0.0664. The lowest BCUT2D eigenvalue weighted by Crippen LogP contribution is -2.00. The minimum atomic E-state index is -1.06. The van der Waals surface area contributed by atoms with E-state index < -0.39 is 5.97 Å². The molecule has 0 fully saturated rings. The van der Waals surface area contributed by atoms with Crippen LogP contribution in [-0.2, 0) is 0 Å². The van der Waals surface area contributed by atoms with Crippen molar-refractivity contribution < 1.29 is 24.1 Å². The number of rotatable bonds is 2. The van der Waals surface area contributed by atoms with Gasteiger partial charge in [-0.1, -0.05) is 0 Å². The Balaban J connectivity index is 2.54. The summed E-state index contributed by atoms with van der Waals surface area (Å²) in [6.07, 6.45) is 0. The maximum Gasteiger partial charge on any atom is 0.339 e. The molecule has 14 heavy (non-hydrogen) atoms. The lowest BCUT2D eigenvalue weighted by molar-refractivity contribution is 0.0693. The Bertz CT molecular complexity index is 385. The van der Waals surface area contributed by atoms with Crippen molar-refractivity contribution in [3.05, 3.63) is 17.7 Å². The second-order valence-electron chi connectivity index (χ2n) is 2.71. The van der Waals surface area contributed by atoms with Crippen LogP contribution in [0.5, 0.6) is 17.2 Å². The Hall–Kier alpha value is -1.91. The Morgan fingerprint density at radius 1 is 1.43 bits per heavy atom. The van der Waals surface area contributed by atoms with Gasteiger partial charge in [0, 0.05) is 12.1 Å². The molecule has 0 aliphatic carbocycles. The third-order valence-electron chi connectivity index (χ3n) is 1.93. The molecule has 1 N–H and O–H groups in total. The number of carboxylic acid groups (broad SMARTS) is 1. The molecule has 0 atom stereocenters. The quantitative estimate of drug-likeness (QED) is 0.767. The van der Waals surface area contributed by atoms with Gasteiger partial charge in [-0.05, 0) is 0 Å². The molecule has 0 unspecified atom stereocenters. The standard InChI is InChI=1S/C9H8O5/c1-12-6-3-8-7(13-4-14-8)2-5(6)9(10)11/h2-3H,4H2,1H3,(H,10,11). The zero-order valence-corrected chi connectivity index (χ0v) is 7.44. The van der Waals surface area contributed by atoms with E-state index >= 15 is 0 Å². The maximum atomic E-state index is 10.8. The summed E-state index contributed by atoms with van der Waals surface area (Å²) in [5, 5.41) is 8.85. The summed E-state index contributed by atoms with van der Waals surface area (Å²) in [6, 6.07) is 2.90. The summed E-state index contributed by atoms with van der Waals surface area (Å²) in [5.41, 5.74) is 0.0664. The highest BCUT2D eigenvalue weighted by atomic mass is 16.7. The largest absolute Gasteiger partial charge is 0.496 e. The van der Waals surface area contributed by atoms with Crippen LogP contribution in [0.2, 0.25) is 0 Å². The molecule has 5 heteroatoms. The number of benzene rings is 1. The van der Waals surface area contributed by atoms with Gasteiger partial charge in [-0.25, -0.2) is 4.79 Å². The highest BCUT2D eigenvalue weighted by molar-refractivity contribution is 5.92. The Labute approximate surface area is 79.8 Å². The van der Waals surface area contributed by atoms with Crippen molar-refractivity contribution in [1.29, 1.82) is 0 Å². The predicted octanol–water partition coefficient (Wildman–Crippen LogP) is 1.12. The van der Waals surface area contributed by atoms with E-state index in [-0.39, 0.29) is 18.1 Å². The molecule has 0 spiro atoms. The molecule has 74 valence electrons. The van der Waals surface area contributed by atoms with Gasteiger partial charge in [-0.2, -0.15) is 0 Å². The highest BCUT2D eigenvalue weighted by Gasteiger charge is 2.20. The van der Waals surface area contributed by atoms with Gasteiger partial charge in [-0.3, -0.25) is 0 Å². The van der Waals surface area contributed by atoms with Crippen LogP contribution >= 0.6 is 0 Å². The normalized spacial score (nSPS) is 12.6. The van der Waals surface area contributed by atoms with Gasteiger partial charge in [0.15, 0.2) is 11.5 Å². The number of methoxy groups -OCH3 is 1. The first-order valence-corrected chi connectivity index (χ1v) is 3.93. The van der Waals surface area contributed by atoms with Crippen LogP contribution in [0.4, 0.5) is 0 Å². The summed E-state index contributed by atoms with van der Waals surface area (Å²) in [7, 11) is 1.41. The monoisotopic (exact) mass is 196 g/mol. The molecule has 0 amide bonds. The van der Waals surface area contributed by atoms with Crippen molar-refractivity contribution in [1.82, 2.24) is 0 Å². The first-order chi connectivity index (χ1) is 6.72. The number of fused-ring (bicyclic) bond motifs is 1. The van der Waals surface area contributed by atoms with E-state index in [1.54, 1.807) is 0 Å². The van der Waals surface area contributed by atoms with Crippen molar-refractivity contribution in [2.75, 3.05) is 13.9 Å². The van der Waals surface area contributed by atoms with E-state index in [0.29, 0.717) is 11.5 Å². The van der Waals surface area contributed by atoms with E-state index in [2.05, 4.69) is 0 Å². The van der Waals surface area contributed by atoms with Gasteiger partial charge < -0.3 is 19.3 Å². The number of ether oxygens (including phenoxy) is 3. The van der Waals surface area contributed by atoms with E-state index in [1.165, 1.54) is 19.2 Å². The van der Waals surface area contributed by atoms with Crippen molar-refractivity contribution >= 4 is 5.97 Å². The Morgan fingerprint density at radius 3 is 2.64 bits per heavy atom. The number of carbonyl (C=O) groups is 1. The van der Waals surface area contributed by atoms with Gasteiger partial charge in [-0.15, -0.1) is 0 Å². The van der Waals surface area contributed by atoms with Gasteiger partial charge in [0.2, 0.25) is 6.79 Å². The summed E-state index contributed by atoms with van der Waals surface area (Å²) in [4.78, 5) is 10.8. The Morgan fingerprint density at radius 2 is 2.07 bits per heavy atom. The van der Waals surface area contributed by atoms with Crippen LogP contribution in [0.25, 0.3) is 0 Å². The number of aromatic carboxylic acids is 1. The first kappa shape index (κ1) is 8.68. The number of hydrogen-bond donors (Lipinski definition) is 1. The van der Waals surface area contributed by atoms with Crippen molar-refractivity contribution in [2.45, 2.75) is 0 Å². The van der Waals surface area contributed by atoms with E-state index in [4.69, 9.17) is 19.3 Å². The van der Waals surface area contributed by atoms with Crippen LogP contribution in [0.1, 0.15) is 10.4 Å². The van der Waals surface area contributed by atoms with Crippen LogP contribution in [0.3, 0.4) is 0 Å². The molecule has 1 aliphatic rings. The molecular weight excluding hydrogens is 188 g/mol. The fourth-order valence-electron chi connectivity index (χ4n) is 1.26. The first-order valence-electron chi connectivity index (χ1n) is 3.93. The number of carboxylic acids is 1. The van der Waals surface area contributed by atoms with Crippen LogP contribution in [-0.4, -0.2) is 25.0 Å². The molecule has 0 saturated heterocycles. The molecule has 0 aromatic heterocycles. The van der Waals surface area contributed by atoms with Gasteiger partial charge in [0.25, 0.3) is 0 Å². The lowest BCUT2D eigenvalue weighted by atomic mass is 10.2. The molecular formula is C9H8O5. The van der Waals surface area contributed by atoms with Crippen molar-refractivity contribution in [2.24, 2.45) is 0 Å². The van der Waals surface area contributed by atoms with Crippen LogP contribution in [0, 0.1) is 0 Å². The van der Waals surface area contributed by atoms with E-state index in [9.17, 15) is 4.79 Å². The molecule has 0 radical (unpaired) electrons. The summed E-state index contributed by atoms with van der Waals surface area (Å²) < 4.78 is 15.0. The minimum Gasteiger partial charge on any atom is -0.496 e.